The Balaban J connectivity index is 1.94. The van der Waals surface area contributed by atoms with Crippen molar-refractivity contribution in [3.05, 3.63) is 53.0 Å². The fraction of sp³-hybridized carbons (Fsp3) is 0.200. The molecule has 0 spiro atoms. The molecule has 2 amide bonds. The number of furan rings is 1. The smallest absolute Gasteiger partial charge is 0.335 e. The second-order valence-corrected chi connectivity index (χ2v) is 4.65. The van der Waals surface area contributed by atoms with Gasteiger partial charge in [-0.05, 0) is 49.7 Å². The van der Waals surface area contributed by atoms with E-state index >= 15 is 0 Å². The first-order chi connectivity index (χ1) is 9.95. The summed E-state index contributed by atoms with van der Waals surface area (Å²) in [7, 11) is 0. The molecule has 3 N–H and O–H groups in total. The number of hydrogen-bond donors (Lipinski definition) is 3. The average Bonchev–Trinajstić information content (AvgIpc) is 2.84. The Labute approximate surface area is 121 Å². The number of benzene rings is 1. The van der Waals surface area contributed by atoms with E-state index in [1.165, 1.54) is 12.1 Å². The molecule has 110 valence electrons. The number of amides is 2. The van der Waals surface area contributed by atoms with Crippen LogP contribution in [0.3, 0.4) is 0 Å². The molecular formula is C15H16N2O4. The zero-order chi connectivity index (χ0) is 15.4. The van der Waals surface area contributed by atoms with E-state index < -0.39 is 5.97 Å². The highest BCUT2D eigenvalue weighted by molar-refractivity contribution is 5.92. The summed E-state index contributed by atoms with van der Waals surface area (Å²) in [5.41, 5.74) is 1.43. The SMILES string of the molecule is Cc1ccc(CNC(=O)Nc2ccc(C(=O)O)cc2C)o1. The van der Waals surface area contributed by atoms with Gasteiger partial charge in [0.05, 0.1) is 12.1 Å². The van der Waals surface area contributed by atoms with E-state index in [4.69, 9.17) is 9.52 Å². The Morgan fingerprint density at radius 3 is 2.52 bits per heavy atom. The first kappa shape index (κ1) is 14.6. The fourth-order valence-corrected chi connectivity index (χ4v) is 1.85. The zero-order valence-corrected chi connectivity index (χ0v) is 11.8. The summed E-state index contributed by atoms with van der Waals surface area (Å²) >= 11 is 0. The second kappa shape index (κ2) is 6.13. The molecule has 2 aromatic rings. The molecule has 1 aromatic heterocycles. The molecule has 0 aliphatic rings. The van der Waals surface area contributed by atoms with E-state index in [9.17, 15) is 9.59 Å². The van der Waals surface area contributed by atoms with E-state index in [0.29, 0.717) is 17.0 Å². The van der Waals surface area contributed by atoms with Crippen molar-refractivity contribution >= 4 is 17.7 Å². The van der Waals surface area contributed by atoms with Gasteiger partial charge in [0, 0.05) is 5.69 Å². The van der Waals surface area contributed by atoms with Crippen LogP contribution < -0.4 is 10.6 Å². The highest BCUT2D eigenvalue weighted by Crippen LogP contribution is 2.16. The fourth-order valence-electron chi connectivity index (χ4n) is 1.85. The molecule has 0 fully saturated rings. The Morgan fingerprint density at radius 2 is 1.95 bits per heavy atom. The molecule has 0 aliphatic carbocycles. The number of carboxylic acid groups (broad SMARTS) is 1. The molecule has 0 aliphatic heterocycles. The third-order valence-corrected chi connectivity index (χ3v) is 2.94. The number of carbonyl (C=O) groups is 2. The molecule has 0 saturated carbocycles. The summed E-state index contributed by atoms with van der Waals surface area (Å²) in [6.07, 6.45) is 0. The predicted molar refractivity (Wildman–Crippen MR) is 77.4 cm³/mol. The Hall–Kier alpha value is -2.76. The molecule has 21 heavy (non-hydrogen) atoms. The van der Waals surface area contributed by atoms with Crippen molar-refractivity contribution in [2.24, 2.45) is 0 Å². The molecule has 0 saturated heterocycles. The van der Waals surface area contributed by atoms with Crippen molar-refractivity contribution in [3.8, 4) is 0 Å². The van der Waals surface area contributed by atoms with Crippen molar-refractivity contribution in [1.29, 1.82) is 0 Å². The molecule has 1 heterocycles. The summed E-state index contributed by atoms with van der Waals surface area (Å²) in [6, 6.07) is 7.76. The predicted octanol–water partition coefficient (Wildman–Crippen LogP) is 2.92. The van der Waals surface area contributed by atoms with E-state index in [1.807, 2.05) is 13.0 Å². The minimum Gasteiger partial charge on any atom is -0.478 e. The van der Waals surface area contributed by atoms with Gasteiger partial charge < -0.3 is 20.2 Å². The average molecular weight is 288 g/mol. The second-order valence-electron chi connectivity index (χ2n) is 4.65. The van der Waals surface area contributed by atoms with Crippen molar-refractivity contribution in [1.82, 2.24) is 5.32 Å². The number of urea groups is 1. The van der Waals surface area contributed by atoms with Crippen molar-refractivity contribution in [3.63, 3.8) is 0 Å². The van der Waals surface area contributed by atoms with Gasteiger partial charge in [0.25, 0.3) is 0 Å². The van der Waals surface area contributed by atoms with Gasteiger partial charge in [-0.25, -0.2) is 9.59 Å². The summed E-state index contributed by atoms with van der Waals surface area (Å²) in [5.74, 6) is 0.454. The van der Waals surface area contributed by atoms with Crippen LogP contribution in [0.2, 0.25) is 0 Å². The van der Waals surface area contributed by atoms with Crippen molar-refractivity contribution < 1.29 is 19.1 Å². The summed E-state index contributed by atoms with van der Waals surface area (Å²) < 4.78 is 5.34. The van der Waals surface area contributed by atoms with Crippen molar-refractivity contribution in [2.75, 3.05) is 5.32 Å². The summed E-state index contributed by atoms with van der Waals surface area (Å²) in [4.78, 5) is 22.6. The van der Waals surface area contributed by atoms with Gasteiger partial charge in [-0.2, -0.15) is 0 Å². The Morgan fingerprint density at radius 1 is 1.19 bits per heavy atom. The number of aromatic carboxylic acids is 1. The Bertz CT molecular complexity index is 676. The van der Waals surface area contributed by atoms with Crippen LogP contribution in [0.15, 0.2) is 34.7 Å². The molecule has 1 aromatic carbocycles. The molecule has 0 unspecified atom stereocenters. The Kier molecular flexibility index (Phi) is 4.27. The van der Waals surface area contributed by atoms with E-state index in [-0.39, 0.29) is 18.1 Å². The highest BCUT2D eigenvalue weighted by atomic mass is 16.4. The van der Waals surface area contributed by atoms with Crippen LogP contribution in [0, 0.1) is 13.8 Å². The van der Waals surface area contributed by atoms with Crippen LogP contribution in [0.1, 0.15) is 27.4 Å². The summed E-state index contributed by atoms with van der Waals surface area (Å²) in [5, 5.41) is 14.2. The highest BCUT2D eigenvalue weighted by Gasteiger charge is 2.08. The topological polar surface area (TPSA) is 91.6 Å². The van der Waals surface area contributed by atoms with Crippen LogP contribution in [0.4, 0.5) is 10.5 Å². The van der Waals surface area contributed by atoms with Crippen molar-refractivity contribution in [2.45, 2.75) is 20.4 Å². The molecule has 0 atom stereocenters. The maximum absolute atomic E-state index is 11.8. The van der Waals surface area contributed by atoms with Crippen LogP contribution in [-0.2, 0) is 6.54 Å². The number of anilines is 1. The third kappa shape index (κ3) is 3.85. The largest absolute Gasteiger partial charge is 0.478 e. The lowest BCUT2D eigenvalue weighted by atomic mass is 10.1. The maximum Gasteiger partial charge on any atom is 0.335 e. The van der Waals surface area contributed by atoms with Crippen LogP contribution >= 0.6 is 0 Å². The first-order valence-corrected chi connectivity index (χ1v) is 6.40. The molecule has 6 heteroatoms. The maximum atomic E-state index is 11.8. The summed E-state index contributed by atoms with van der Waals surface area (Å²) in [6.45, 7) is 3.85. The number of carboxylic acids is 1. The van der Waals surface area contributed by atoms with E-state index in [0.717, 1.165) is 5.76 Å². The molecule has 0 bridgehead atoms. The quantitative estimate of drug-likeness (QED) is 0.806. The van der Waals surface area contributed by atoms with Gasteiger partial charge in [0.2, 0.25) is 0 Å². The van der Waals surface area contributed by atoms with Crippen LogP contribution in [0.25, 0.3) is 0 Å². The van der Waals surface area contributed by atoms with Gasteiger partial charge >= 0.3 is 12.0 Å². The monoisotopic (exact) mass is 288 g/mol. The third-order valence-electron chi connectivity index (χ3n) is 2.94. The molecule has 6 nitrogen and oxygen atoms in total. The number of rotatable bonds is 4. The first-order valence-electron chi connectivity index (χ1n) is 6.40. The number of carbonyl (C=O) groups excluding carboxylic acids is 1. The normalized spacial score (nSPS) is 10.2. The van der Waals surface area contributed by atoms with Gasteiger partial charge in [-0.1, -0.05) is 0 Å². The lowest BCUT2D eigenvalue weighted by Gasteiger charge is -2.09. The minimum absolute atomic E-state index is 0.185. The van der Waals surface area contributed by atoms with Gasteiger partial charge in [0.1, 0.15) is 11.5 Å². The van der Waals surface area contributed by atoms with Gasteiger partial charge in [0.15, 0.2) is 0 Å². The lowest BCUT2D eigenvalue weighted by molar-refractivity contribution is 0.0697. The van der Waals surface area contributed by atoms with Crippen LogP contribution in [0.5, 0.6) is 0 Å². The number of nitrogens with one attached hydrogen (secondary N) is 2. The standard InChI is InChI=1S/C15H16N2O4/c1-9-7-11(14(18)19)4-6-13(9)17-15(20)16-8-12-5-3-10(2)21-12/h3-7H,8H2,1-2H3,(H,18,19)(H2,16,17,20). The molecular weight excluding hydrogens is 272 g/mol. The van der Waals surface area contributed by atoms with Gasteiger partial charge in [-0.3, -0.25) is 0 Å². The van der Waals surface area contributed by atoms with Gasteiger partial charge in [-0.15, -0.1) is 0 Å². The number of hydrogen-bond acceptors (Lipinski definition) is 3. The number of aryl methyl sites for hydroxylation is 2. The zero-order valence-electron chi connectivity index (χ0n) is 11.8. The van der Waals surface area contributed by atoms with Crippen LogP contribution in [-0.4, -0.2) is 17.1 Å². The van der Waals surface area contributed by atoms with E-state index in [1.54, 1.807) is 19.1 Å². The molecule has 2 rings (SSSR count). The molecule has 0 radical (unpaired) electrons. The minimum atomic E-state index is -0.998. The van der Waals surface area contributed by atoms with E-state index in [2.05, 4.69) is 10.6 Å². The lowest BCUT2D eigenvalue weighted by Crippen LogP contribution is -2.28.